The molecule has 0 unspecified atom stereocenters. The Morgan fingerprint density at radius 3 is 2.33 bits per heavy atom. The van der Waals surface area contributed by atoms with E-state index >= 15 is 0 Å². The number of allylic oxidation sites excluding steroid dienone is 1. The predicted octanol–water partition coefficient (Wildman–Crippen LogP) is 5.80. The molecule has 0 saturated heterocycles. The van der Waals surface area contributed by atoms with Crippen molar-refractivity contribution < 1.29 is 19.0 Å². The van der Waals surface area contributed by atoms with E-state index in [0.29, 0.717) is 12.2 Å². The van der Waals surface area contributed by atoms with Gasteiger partial charge in [0.2, 0.25) is 0 Å². The van der Waals surface area contributed by atoms with Crippen LogP contribution in [0.1, 0.15) is 32.6 Å². The third-order valence-corrected chi connectivity index (χ3v) is 4.83. The number of methoxy groups -OCH3 is 2. The van der Waals surface area contributed by atoms with Crippen LogP contribution in [-0.4, -0.2) is 20.0 Å². The summed E-state index contributed by atoms with van der Waals surface area (Å²) in [6.45, 7) is 4.44. The second-order valence-electron chi connectivity index (χ2n) is 7.05. The summed E-state index contributed by atoms with van der Waals surface area (Å²) in [7, 11) is 3.24. The van der Waals surface area contributed by atoms with Crippen LogP contribution in [0.25, 0.3) is 6.08 Å². The molecule has 3 aromatic carbocycles. The molecule has 154 valence electrons. The van der Waals surface area contributed by atoms with Gasteiger partial charge in [-0.25, -0.2) is 0 Å². The Labute approximate surface area is 177 Å². The molecular weight excluding hydrogens is 376 g/mol. The van der Waals surface area contributed by atoms with Crippen molar-refractivity contribution in [2.45, 2.75) is 20.5 Å². The van der Waals surface area contributed by atoms with Gasteiger partial charge in [-0.3, -0.25) is 4.79 Å². The van der Waals surface area contributed by atoms with Crippen LogP contribution in [0.3, 0.4) is 0 Å². The maximum absolute atomic E-state index is 12.4. The van der Waals surface area contributed by atoms with Gasteiger partial charge in [0, 0.05) is 11.1 Å². The number of ether oxygens (including phenoxy) is 3. The standard InChI is InChI=1S/C26H26O4/c1-18-5-6-19(2)26(15-18)30-17-22-16-20(8-14-25(22)29-4)7-13-24(27)21-9-11-23(28-3)12-10-21/h5-16H,17H2,1-4H3/b13-7+. The fourth-order valence-corrected chi connectivity index (χ4v) is 3.06. The first-order valence-corrected chi connectivity index (χ1v) is 9.73. The van der Waals surface area contributed by atoms with Gasteiger partial charge in [-0.05, 0) is 79.1 Å². The number of ketones is 1. The fraction of sp³-hybridized carbons (Fsp3) is 0.192. The van der Waals surface area contributed by atoms with Gasteiger partial charge in [-0.1, -0.05) is 24.3 Å². The third kappa shape index (κ3) is 5.29. The molecule has 4 heteroatoms. The Bertz CT molecular complexity index is 1050. The van der Waals surface area contributed by atoms with Gasteiger partial charge in [-0.15, -0.1) is 0 Å². The van der Waals surface area contributed by atoms with Crippen LogP contribution in [0.15, 0.2) is 66.7 Å². The summed E-state index contributed by atoms with van der Waals surface area (Å²) in [5.74, 6) is 2.26. The van der Waals surface area contributed by atoms with E-state index < -0.39 is 0 Å². The molecule has 3 rings (SSSR count). The van der Waals surface area contributed by atoms with E-state index in [9.17, 15) is 4.79 Å². The van der Waals surface area contributed by atoms with Crippen molar-refractivity contribution in [2.75, 3.05) is 14.2 Å². The van der Waals surface area contributed by atoms with E-state index in [1.54, 1.807) is 50.6 Å². The van der Waals surface area contributed by atoms with Crippen molar-refractivity contribution in [1.29, 1.82) is 0 Å². The predicted molar refractivity (Wildman–Crippen MR) is 120 cm³/mol. The minimum Gasteiger partial charge on any atom is -0.497 e. The number of benzene rings is 3. The number of carbonyl (C=O) groups excluding carboxylic acids is 1. The number of hydrogen-bond acceptors (Lipinski definition) is 4. The highest BCUT2D eigenvalue weighted by atomic mass is 16.5. The van der Waals surface area contributed by atoms with Crippen LogP contribution in [0.5, 0.6) is 17.2 Å². The summed E-state index contributed by atoms with van der Waals surface area (Å²) < 4.78 is 16.6. The van der Waals surface area contributed by atoms with Crippen LogP contribution in [-0.2, 0) is 6.61 Å². The molecule has 3 aromatic rings. The lowest BCUT2D eigenvalue weighted by atomic mass is 10.1. The van der Waals surface area contributed by atoms with Gasteiger partial charge < -0.3 is 14.2 Å². The molecule has 0 N–H and O–H groups in total. The smallest absolute Gasteiger partial charge is 0.185 e. The topological polar surface area (TPSA) is 44.8 Å². The molecule has 0 bridgehead atoms. The highest BCUT2D eigenvalue weighted by Gasteiger charge is 2.08. The summed E-state index contributed by atoms with van der Waals surface area (Å²) in [5, 5.41) is 0. The Morgan fingerprint density at radius 2 is 1.63 bits per heavy atom. The van der Waals surface area contributed by atoms with E-state index in [4.69, 9.17) is 14.2 Å². The lowest BCUT2D eigenvalue weighted by Crippen LogP contribution is -2.01. The van der Waals surface area contributed by atoms with Crippen LogP contribution >= 0.6 is 0 Å². The van der Waals surface area contributed by atoms with Gasteiger partial charge >= 0.3 is 0 Å². The molecule has 0 aliphatic rings. The first kappa shape index (κ1) is 21.2. The number of rotatable bonds is 8. The molecule has 0 amide bonds. The number of aryl methyl sites for hydroxylation is 2. The van der Waals surface area contributed by atoms with E-state index in [0.717, 1.165) is 39.5 Å². The normalized spacial score (nSPS) is 10.8. The highest BCUT2D eigenvalue weighted by molar-refractivity contribution is 6.06. The molecule has 4 nitrogen and oxygen atoms in total. The number of hydrogen-bond donors (Lipinski definition) is 0. The molecule has 0 radical (unpaired) electrons. The van der Waals surface area contributed by atoms with Gasteiger partial charge in [-0.2, -0.15) is 0 Å². The SMILES string of the molecule is COc1ccc(C(=O)/C=C/c2ccc(OC)c(COc3cc(C)ccc3C)c2)cc1. The molecule has 0 aromatic heterocycles. The van der Waals surface area contributed by atoms with Crippen LogP contribution in [0.2, 0.25) is 0 Å². The minimum atomic E-state index is -0.0679. The largest absolute Gasteiger partial charge is 0.497 e. The first-order chi connectivity index (χ1) is 14.5. The zero-order valence-corrected chi connectivity index (χ0v) is 17.8. The quantitative estimate of drug-likeness (QED) is 0.353. The van der Waals surface area contributed by atoms with E-state index in [-0.39, 0.29) is 5.78 Å². The third-order valence-electron chi connectivity index (χ3n) is 4.83. The molecule has 0 atom stereocenters. The monoisotopic (exact) mass is 402 g/mol. The van der Waals surface area contributed by atoms with Crippen LogP contribution in [0, 0.1) is 13.8 Å². The molecular formula is C26H26O4. The molecule has 0 heterocycles. The number of carbonyl (C=O) groups is 1. The molecule has 0 aliphatic carbocycles. The Kier molecular flexibility index (Phi) is 6.91. The maximum atomic E-state index is 12.4. The van der Waals surface area contributed by atoms with Gasteiger partial charge in [0.1, 0.15) is 23.9 Å². The Morgan fingerprint density at radius 1 is 0.867 bits per heavy atom. The summed E-state index contributed by atoms with van der Waals surface area (Å²) in [4.78, 5) is 12.4. The van der Waals surface area contributed by atoms with Crippen molar-refractivity contribution in [3.63, 3.8) is 0 Å². The summed E-state index contributed by atoms with van der Waals surface area (Å²) in [6.07, 6.45) is 3.37. The average Bonchev–Trinajstić information content (AvgIpc) is 2.78. The van der Waals surface area contributed by atoms with Crippen molar-refractivity contribution in [3.05, 3.63) is 94.6 Å². The maximum Gasteiger partial charge on any atom is 0.185 e. The van der Waals surface area contributed by atoms with Crippen molar-refractivity contribution in [1.82, 2.24) is 0 Å². The Balaban J connectivity index is 1.75. The molecule has 0 spiro atoms. The zero-order chi connectivity index (χ0) is 21.5. The van der Waals surface area contributed by atoms with E-state index in [2.05, 4.69) is 6.07 Å². The summed E-state index contributed by atoms with van der Waals surface area (Å²) in [5.41, 5.74) is 4.66. The van der Waals surface area contributed by atoms with Crippen molar-refractivity contribution >= 4 is 11.9 Å². The van der Waals surface area contributed by atoms with Gasteiger partial charge in [0.15, 0.2) is 5.78 Å². The molecule has 0 aliphatic heterocycles. The van der Waals surface area contributed by atoms with E-state index in [1.165, 1.54) is 0 Å². The summed E-state index contributed by atoms with van der Waals surface area (Å²) >= 11 is 0. The van der Waals surface area contributed by atoms with Gasteiger partial charge in [0.05, 0.1) is 14.2 Å². The second kappa shape index (κ2) is 9.79. The molecule has 30 heavy (non-hydrogen) atoms. The molecule has 0 fully saturated rings. The molecule has 0 saturated carbocycles. The van der Waals surface area contributed by atoms with Crippen molar-refractivity contribution in [3.8, 4) is 17.2 Å². The van der Waals surface area contributed by atoms with Crippen LogP contribution in [0.4, 0.5) is 0 Å². The lowest BCUT2D eigenvalue weighted by molar-refractivity contribution is 0.104. The zero-order valence-electron chi connectivity index (χ0n) is 17.8. The second-order valence-corrected chi connectivity index (χ2v) is 7.05. The minimum absolute atomic E-state index is 0.0679. The Hall–Kier alpha value is -3.53. The lowest BCUT2D eigenvalue weighted by Gasteiger charge is -2.13. The fourth-order valence-electron chi connectivity index (χ4n) is 3.06. The van der Waals surface area contributed by atoms with Crippen molar-refractivity contribution in [2.24, 2.45) is 0 Å². The highest BCUT2D eigenvalue weighted by Crippen LogP contribution is 2.25. The average molecular weight is 402 g/mol. The van der Waals surface area contributed by atoms with E-state index in [1.807, 2.05) is 44.2 Å². The van der Waals surface area contributed by atoms with Crippen LogP contribution < -0.4 is 14.2 Å². The summed E-state index contributed by atoms with van der Waals surface area (Å²) in [6, 6.07) is 19.0. The first-order valence-electron chi connectivity index (χ1n) is 9.73. The van der Waals surface area contributed by atoms with Gasteiger partial charge in [0.25, 0.3) is 0 Å².